The molecular weight excluding hydrogens is 408 g/mol. The number of rotatable bonds is 7. The summed E-state index contributed by atoms with van der Waals surface area (Å²) in [5.41, 5.74) is 2.62. The van der Waals surface area contributed by atoms with Gasteiger partial charge in [0.15, 0.2) is 0 Å². The Morgan fingerprint density at radius 1 is 0.931 bits per heavy atom. The first-order chi connectivity index (χ1) is 13.8. The van der Waals surface area contributed by atoms with Gasteiger partial charge in [0.2, 0.25) is 10.0 Å². The Morgan fingerprint density at radius 2 is 1.55 bits per heavy atom. The standard InChI is InChI=1S/C22H21ClN2O3S/c1-29(27,28)25(16-19-9-5-6-10-21(19)23)20-13-11-18(12-14-20)22(26)24-15-17-7-3-2-4-8-17/h2-14H,15-16H2,1H3,(H,24,26). The Labute approximate surface area is 176 Å². The molecule has 0 aliphatic heterocycles. The first kappa shape index (κ1) is 20.9. The number of sulfonamides is 1. The predicted octanol–water partition coefficient (Wildman–Crippen LogP) is 4.24. The third kappa shape index (κ3) is 5.59. The SMILES string of the molecule is CS(=O)(=O)N(Cc1ccccc1Cl)c1ccc(C(=O)NCc2ccccc2)cc1. The van der Waals surface area contributed by atoms with Crippen LogP contribution < -0.4 is 9.62 Å². The molecule has 0 saturated carbocycles. The fourth-order valence-electron chi connectivity index (χ4n) is 2.84. The van der Waals surface area contributed by atoms with E-state index in [1.807, 2.05) is 36.4 Å². The first-order valence-corrected chi connectivity index (χ1v) is 11.2. The maximum absolute atomic E-state index is 12.4. The van der Waals surface area contributed by atoms with Gasteiger partial charge in [-0.3, -0.25) is 9.10 Å². The fourth-order valence-corrected chi connectivity index (χ4v) is 3.91. The number of benzene rings is 3. The van der Waals surface area contributed by atoms with E-state index < -0.39 is 10.0 Å². The molecule has 150 valence electrons. The maximum atomic E-state index is 12.4. The van der Waals surface area contributed by atoms with Gasteiger partial charge >= 0.3 is 0 Å². The zero-order valence-corrected chi connectivity index (χ0v) is 17.5. The summed E-state index contributed by atoms with van der Waals surface area (Å²) in [5, 5.41) is 3.35. The second-order valence-corrected chi connectivity index (χ2v) is 8.89. The molecule has 0 heterocycles. The number of carbonyl (C=O) groups is 1. The van der Waals surface area contributed by atoms with E-state index >= 15 is 0 Å². The third-order valence-corrected chi connectivity index (χ3v) is 5.89. The van der Waals surface area contributed by atoms with Crippen molar-refractivity contribution >= 4 is 33.2 Å². The summed E-state index contributed by atoms with van der Waals surface area (Å²) in [6.07, 6.45) is 1.14. The molecular formula is C22H21ClN2O3S. The van der Waals surface area contributed by atoms with Crippen molar-refractivity contribution in [2.45, 2.75) is 13.1 Å². The van der Waals surface area contributed by atoms with E-state index in [1.165, 1.54) is 4.31 Å². The topological polar surface area (TPSA) is 66.5 Å². The summed E-state index contributed by atoms with van der Waals surface area (Å²) in [5.74, 6) is -0.225. The second kappa shape index (κ2) is 9.11. The molecule has 29 heavy (non-hydrogen) atoms. The van der Waals surface area contributed by atoms with Gasteiger partial charge in [-0.05, 0) is 41.5 Å². The van der Waals surface area contributed by atoms with E-state index in [9.17, 15) is 13.2 Å². The molecule has 0 aromatic heterocycles. The third-order valence-electron chi connectivity index (χ3n) is 4.39. The van der Waals surface area contributed by atoms with Crippen LogP contribution in [-0.4, -0.2) is 20.6 Å². The second-order valence-electron chi connectivity index (χ2n) is 6.58. The van der Waals surface area contributed by atoms with Gasteiger partial charge in [-0.2, -0.15) is 0 Å². The van der Waals surface area contributed by atoms with Crippen LogP contribution in [-0.2, 0) is 23.1 Å². The first-order valence-electron chi connectivity index (χ1n) is 8.98. The monoisotopic (exact) mass is 428 g/mol. The van der Waals surface area contributed by atoms with E-state index in [-0.39, 0.29) is 12.5 Å². The average molecular weight is 429 g/mol. The highest BCUT2D eigenvalue weighted by atomic mass is 35.5. The van der Waals surface area contributed by atoms with Crippen molar-refractivity contribution in [3.8, 4) is 0 Å². The van der Waals surface area contributed by atoms with Crippen LogP contribution in [0.3, 0.4) is 0 Å². The molecule has 3 rings (SSSR count). The van der Waals surface area contributed by atoms with Gasteiger partial charge in [0.1, 0.15) is 0 Å². The molecule has 0 saturated heterocycles. The molecule has 7 heteroatoms. The lowest BCUT2D eigenvalue weighted by atomic mass is 10.1. The van der Waals surface area contributed by atoms with Crippen molar-refractivity contribution in [2.75, 3.05) is 10.6 Å². The van der Waals surface area contributed by atoms with Crippen molar-refractivity contribution in [3.63, 3.8) is 0 Å². The van der Waals surface area contributed by atoms with Gasteiger partial charge in [-0.1, -0.05) is 60.1 Å². The lowest BCUT2D eigenvalue weighted by Crippen LogP contribution is -2.29. The minimum absolute atomic E-state index is 0.109. The van der Waals surface area contributed by atoms with Gasteiger partial charge in [-0.25, -0.2) is 8.42 Å². The zero-order chi connectivity index (χ0) is 20.9. The minimum Gasteiger partial charge on any atom is -0.348 e. The summed E-state index contributed by atoms with van der Waals surface area (Å²) < 4.78 is 25.9. The summed E-state index contributed by atoms with van der Waals surface area (Å²) in [6, 6.07) is 23.2. The number of halogens is 1. The summed E-state index contributed by atoms with van der Waals surface area (Å²) in [7, 11) is -3.54. The lowest BCUT2D eigenvalue weighted by Gasteiger charge is -2.23. The highest BCUT2D eigenvalue weighted by molar-refractivity contribution is 7.92. The van der Waals surface area contributed by atoms with Gasteiger partial charge in [0.05, 0.1) is 18.5 Å². The largest absolute Gasteiger partial charge is 0.348 e. The van der Waals surface area contributed by atoms with Crippen molar-refractivity contribution in [1.82, 2.24) is 5.32 Å². The van der Waals surface area contributed by atoms with E-state index in [2.05, 4.69) is 5.32 Å². The number of anilines is 1. The van der Waals surface area contributed by atoms with E-state index in [1.54, 1.807) is 42.5 Å². The predicted molar refractivity (Wildman–Crippen MR) is 117 cm³/mol. The Bertz CT molecular complexity index is 1080. The van der Waals surface area contributed by atoms with Crippen LogP contribution in [0.15, 0.2) is 78.9 Å². The van der Waals surface area contributed by atoms with E-state index in [4.69, 9.17) is 11.6 Å². The number of nitrogens with one attached hydrogen (secondary N) is 1. The van der Waals surface area contributed by atoms with Gasteiger partial charge in [-0.15, -0.1) is 0 Å². The Kier molecular flexibility index (Phi) is 6.56. The minimum atomic E-state index is -3.54. The van der Waals surface area contributed by atoms with Crippen molar-refractivity contribution in [3.05, 3.63) is 101 Å². The Balaban J connectivity index is 1.75. The summed E-state index contributed by atoms with van der Waals surface area (Å²) >= 11 is 6.18. The van der Waals surface area contributed by atoms with Gasteiger partial charge in [0, 0.05) is 17.1 Å². The fraction of sp³-hybridized carbons (Fsp3) is 0.136. The van der Waals surface area contributed by atoms with Crippen molar-refractivity contribution < 1.29 is 13.2 Å². The molecule has 3 aromatic rings. The number of hydrogen-bond acceptors (Lipinski definition) is 3. The quantitative estimate of drug-likeness (QED) is 0.612. The van der Waals surface area contributed by atoms with E-state index in [0.29, 0.717) is 28.4 Å². The Hall–Kier alpha value is -2.83. The van der Waals surface area contributed by atoms with Crippen LogP contribution >= 0.6 is 11.6 Å². The van der Waals surface area contributed by atoms with Crippen LogP contribution in [0.2, 0.25) is 5.02 Å². The summed E-state index contributed by atoms with van der Waals surface area (Å²) in [4.78, 5) is 12.4. The molecule has 0 fully saturated rings. The Morgan fingerprint density at radius 3 is 2.17 bits per heavy atom. The molecule has 0 aliphatic carbocycles. The zero-order valence-electron chi connectivity index (χ0n) is 15.9. The van der Waals surface area contributed by atoms with Crippen LogP contribution in [0.1, 0.15) is 21.5 Å². The van der Waals surface area contributed by atoms with Crippen molar-refractivity contribution in [2.24, 2.45) is 0 Å². The van der Waals surface area contributed by atoms with Crippen LogP contribution in [0.25, 0.3) is 0 Å². The molecule has 0 atom stereocenters. The molecule has 1 N–H and O–H groups in total. The normalized spacial score (nSPS) is 11.1. The molecule has 0 unspecified atom stereocenters. The molecule has 5 nitrogen and oxygen atoms in total. The maximum Gasteiger partial charge on any atom is 0.251 e. The molecule has 0 bridgehead atoms. The van der Waals surface area contributed by atoms with Crippen LogP contribution in [0, 0.1) is 0 Å². The van der Waals surface area contributed by atoms with Gasteiger partial charge in [0.25, 0.3) is 5.91 Å². The van der Waals surface area contributed by atoms with Crippen molar-refractivity contribution in [1.29, 1.82) is 0 Å². The molecule has 1 amide bonds. The number of hydrogen-bond donors (Lipinski definition) is 1. The number of carbonyl (C=O) groups excluding carboxylic acids is 1. The number of nitrogens with zero attached hydrogens (tertiary/aromatic N) is 1. The van der Waals surface area contributed by atoms with E-state index in [0.717, 1.165) is 11.8 Å². The molecule has 0 aliphatic rings. The molecule has 3 aromatic carbocycles. The highest BCUT2D eigenvalue weighted by Gasteiger charge is 2.19. The number of amides is 1. The van der Waals surface area contributed by atoms with Crippen LogP contribution in [0.4, 0.5) is 5.69 Å². The molecule has 0 spiro atoms. The lowest BCUT2D eigenvalue weighted by molar-refractivity contribution is 0.0951. The summed E-state index contributed by atoms with van der Waals surface area (Å²) in [6.45, 7) is 0.529. The smallest absolute Gasteiger partial charge is 0.251 e. The molecule has 0 radical (unpaired) electrons. The van der Waals surface area contributed by atoms with Gasteiger partial charge < -0.3 is 5.32 Å². The van der Waals surface area contributed by atoms with Crippen LogP contribution in [0.5, 0.6) is 0 Å². The highest BCUT2D eigenvalue weighted by Crippen LogP contribution is 2.24. The average Bonchev–Trinajstić information content (AvgIpc) is 2.71.